The van der Waals surface area contributed by atoms with Gasteiger partial charge in [-0.15, -0.1) is 0 Å². The third-order valence-electron chi connectivity index (χ3n) is 17.3. The van der Waals surface area contributed by atoms with Crippen LogP contribution < -0.4 is 9.80 Å². The molecule has 11 atom stereocenters. The van der Waals surface area contributed by atoms with Gasteiger partial charge in [-0.3, -0.25) is 4.90 Å². The molecule has 47 heavy (non-hydrogen) atoms. The largest absolute Gasteiger partial charge is 0.633 e. The van der Waals surface area contributed by atoms with Crippen molar-refractivity contribution in [1.82, 2.24) is 4.90 Å². The van der Waals surface area contributed by atoms with E-state index >= 15 is 5.21 Å². The molecule has 0 N–H and O–H groups in total. The van der Waals surface area contributed by atoms with E-state index in [1.54, 1.807) is 7.11 Å². The summed E-state index contributed by atoms with van der Waals surface area (Å²) in [4.78, 5) is 22.7. The van der Waals surface area contributed by atoms with E-state index in [-0.39, 0.29) is 55.9 Å². The van der Waals surface area contributed by atoms with E-state index in [0.717, 1.165) is 58.4 Å². The van der Waals surface area contributed by atoms with Crippen molar-refractivity contribution < 1.29 is 14.2 Å². The third-order valence-corrected chi connectivity index (χ3v) is 17.3. The van der Waals surface area contributed by atoms with Crippen LogP contribution in [-0.4, -0.2) is 79.0 Å². The van der Waals surface area contributed by atoms with E-state index < -0.39 is 0 Å². The maximum Gasteiger partial charge on any atom is 0.329 e. The van der Waals surface area contributed by atoms with E-state index in [1.807, 2.05) is 0 Å². The molecule has 2 saturated carbocycles. The number of fused-ring (bicyclic) bond motifs is 3. The Balaban J connectivity index is 1.20. The molecule has 0 aromatic heterocycles. The Kier molecular flexibility index (Phi) is 4.48. The van der Waals surface area contributed by atoms with Gasteiger partial charge in [-0.1, -0.05) is 55.0 Å². The molecule has 10 aliphatic rings. The number of para-hydroxylation sites is 2. The Labute approximate surface area is 277 Å². The fraction of sp³-hybridized carbons (Fsp3) is 0.625. The van der Waals surface area contributed by atoms with E-state index in [4.69, 9.17) is 4.74 Å². The van der Waals surface area contributed by atoms with Crippen molar-refractivity contribution in [2.24, 2.45) is 17.3 Å². The summed E-state index contributed by atoms with van der Waals surface area (Å²) >= 11 is 0. The van der Waals surface area contributed by atoms with Crippen molar-refractivity contribution in [3.05, 3.63) is 76.0 Å². The lowest BCUT2D eigenvalue weighted by atomic mass is 9.50. The van der Waals surface area contributed by atoms with Gasteiger partial charge in [0, 0.05) is 59.2 Å². The van der Waals surface area contributed by atoms with Crippen molar-refractivity contribution in [1.29, 1.82) is 0 Å². The predicted molar refractivity (Wildman–Crippen MR) is 180 cm³/mol. The average Bonchev–Trinajstić information content (AvgIpc) is 3.80. The number of ether oxygens (including phenoxy) is 1. The standard InChI is InChI=1S/C40H46N4O3/c1-4-25-22-41-18-16-37-23-42-33-28(38-17-20-44(46)19-8-13-36(35(38)44)14-15-39(38,42)24(36)2)10-7-11-29(33)40(37)31(41)21-26(25)32(34(45)47-3)43(40)30-12-6-5-9-27(30)37/h4-7,9-12,24,26,31-32,35H,8,13-23H2,1-3H3/b25-4-/t24-,26-,31-,32-,35-,36-,37-,38+,39-,40+,44-/m0/s1. The van der Waals surface area contributed by atoms with Gasteiger partial charge in [-0.25, -0.2) is 4.79 Å². The summed E-state index contributed by atoms with van der Waals surface area (Å²) in [6, 6.07) is 16.6. The van der Waals surface area contributed by atoms with Crippen molar-refractivity contribution in [2.75, 3.05) is 49.6 Å². The van der Waals surface area contributed by atoms with Gasteiger partial charge < -0.3 is 24.4 Å². The lowest BCUT2D eigenvalue weighted by Gasteiger charge is -2.71. The number of anilines is 2. The van der Waals surface area contributed by atoms with Crippen LogP contribution in [0.25, 0.3) is 0 Å². The second kappa shape index (κ2) is 7.79. The highest BCUT2D eigenvalue weighted by Gasteiger charge is 2.89. The Morgan fingerprint density at radius 3 is 2.70 bits per heavy atom. The molecule has 2 aliphatic carbocycles. The minimum absolute atomic E-state index is 0.00958. The van der Waals surface area contributed by atoms with Crippen molar-refractivity contribution in [3.63, 3.8) is 0 Å². The summed E-state index contributed by atoms with van der Waals surface area (Å²) in [5, 5.41) is 15.0. The zero-order valence-corrected chi connectivity index (χ0v) is 28.0. The lowest BCUT2D eigenvalue weighted by molar-refractivity contribution is -0.908. The second-order valence-corrected chi connectivity index (χ2v) is 17.4. The fourth-order valence-corrected chi connectivity index (χ4v) is 16.4. The second-order valence-electron chi connectivity index (χ2n) is 17.4. The molecule has 7 nitrogen and oxygen atoms in total. The van der Waals surface area contributed by atoms with E-state index in [9.17, 15) is 4.79 Å². The molecule has 7 heteroatoms. The Morgan fingerprint density at radius 2 is 1.85 bits per heavy atom. The molecule has 4 bridgehead atoms. The number of quaternary nitrogens is 1. The first-order valence-corrected chi connectivity index (χ1v) is 18.7. The van der Waals surface area contributed by atoms with Crippen molar-refractivity contribution >= 4 is 17.3 Å². The molecule has 2 aromatic rings. The number of hydroxylamine groups is 3. The zero-order valence-electron chi connectivity index (χ0n) is 28.0. The number of nitrogens with zero attached hydrogens (tertiary/aromatic N) is 4. The predicted octanol–water partition coefficient (Wildman–Crippen LogP) is 5.36. The van der Waals surface area contributed by atoms with E-state index in [2.05, 4.69) is 77.1 Å². The Morgan fingerprint density at radius 1 is 1.02 bits per heavy atom. The number of piperidine rings is 4. The van der Waals surface area contributed by atoms with Gasteiger partial charge in [0.05, 0.1) is 36.7 Å². The molecular weight excluding hydrogens is 584 g/mol. The highest BCUT2D eigenvalue weighted by atomic mass is 16.6. The Bertz CT molecular complexity index is 1880. The molecule has 12 rings (SSSR count). The van der Waals surface area contributed by atoms with Gasteiger partial charge in [0.2, 0.25) is 0 Å². The van der Waals surface area contributed by atoms with Crippen LogP contribution >= 0.6 is 0 Å². The topological polar surface area (TPSA) is 59.1 Å². The summed E-state index contributed by atoms with van der Waals surface area (Å²) in [5.41, 5.74) is 8.00. The first kappa shape index (κ1) is 27.0. The summed E-state index contributed by atoms with van der Waals surface area (Å²) < 4.78 is 5.80. The average molecular weight is 631 g/mol. The van der Waals surface area contributed by atoms with Gasteiger partial charge >= 0.3 is 5.97 Å². The number of methoxy groups -OCH3 is 1. The Hall–Kier alpha value is -2.87. The normalized spacial score (nSPS) is 50.6. The molecule has 0 unspecified atom stereocenters. The van der Waals surface area contributed by atoms with Crippen molar-refractivity contribution in [2.45, 2.75) is 98.8 Å². The number of benzene rings is 2. The van der Waals surface area contributed by atoms with Crippen LogP contribution in [0.5, 0.6) is 0 Å². The molecule has 8 aliphatic heterocycles. The summed E-state index contributed by atoms with van der Waals surface area (Å²) in [6.07, 6.45) is 10.1. The van der Waals surface area contributed by atoms with Crippen LogP contribution in [0.2, 0.25) is 0 Å². The highest BCUT2D eigenvalue weighted by molar-refractivity contribution is 5.90. The van der Waals surface area contributed by atoms with Gasteiger partial charge in [0.1, 0.15) is 12.1 Å². The molecule has 7 fully saturated rings. The monoisotopic (exact) mass is 630 g/mol. The molecule has 5 saturated heterocycles. The van der Waals surface area contributed by atoms with Crippen LogP contribution in [0.1, 0.15) is 75.5 Å². The van der Waals surface area contributed by atoms with Crippen LogP contribution in [-0.2, 0) is 25.9 Å². The van der Waals surface area contributed by atoms with E-state index in [0.29, 0.717) is 12.0 Å². The number of carbonyl (C=O) groups is 1. The first-order valence-electron chi connectivity index (χ1n) is 18.7. The van der Waals surface area contributed by atoms with Crippen molar-refractivity contribution in [3.8, 4) is 0 Å². The number of hydrogen-bond acceptors (Lipinski definition) is 6. The molecule has 2 aromatic carbocycles. The molecule has 8 heterocycles. The summed E-state index contributed by atoms with van der Waals surface area (Å²) in [5.74, 6) is 0.533. The SMILES string of the molecule is C/C=C1/CN2CC[C@@]34CN5c6c(cccc6[C@@]67CC[N@@+]8([O-])CCC[C@@]9(CC[C@@]56[C@H]9C)[C@@H]78)[C@@]35[C@@H]2C[C@@H]1[C@@H](C(=O)OC)N5c1ccccc14. The molecule has 0 radical (unpaired) electrons. The van der Waals surface area contributed by atoms with Crippen LogP contribution in [0.3, 0.4) is 0 Å². The van der Waals surface area contributed by atoms with E-state index in [1.165, 1.54) is 52.9 Å². The zero-order chi connectivity index (χ0) is 31.5. The highest BCUT2D eigenvalue weighted by Crippen LogP contribution is 2.84. The van der Waals surface area contributed by atoms with Gasteiger partial charge in [-0.2, -0.15) is 0 Å². The fourth-order valence-electron chi connectivity index (χ4n) is 16.4. The molecule has 244 valence electrons. The number of allylic oxidation sites excluding steroid dienone is 1. The summed E-state index contributed by atoms with van der Waals surface area (Å²) in [6.45, 7) is 9.30. The number of hydrogen-bond donors (Lipinski definition) is 0. The van der Waals surface area contributed by atoms with Gasteiger partial charge in [-0.05, 0) is 75.1 Å². The number of rotatable bonds is 1. The maximum absolute atomic E-state index is 15.0. The quantitative estimate of drug-likeness (QED) is 0.183. The third kappa shape index (κ3) is 2.27. The maximum atomic E-state index is 15.0. The molecule has 0 amide bonds. The number of esters is 1. The number of carbonyl (C=O) groups excluding carboxylic acids is 1. The first-order chi connectivity index (χ1) is 22.8. The van der Waals surface area contributed by atoms with Crippen LogP contribution in [0.4, 0.5) is 11.4 Å². The minimum Gasteiger partial charge on any atom is -0.633 e. The minimum atomic E-state index is -0.370. The van der Waals surface area contributed by atoms with Crippen LogP contribution in [0, 0.1) is 22.5 Å². The smallest absolute Gasteiger partial charge is 0.329 e. The summed E-state index contributed by atoms with van der Waals surface area (Å²) in [7, 11) is 1.58. The van der Waals surface area contributed by atoms with Gasteiger partial charge in [0.15, 0.2) is 0 Å². The lowest BCUT2D eigenvalue weighted by Crippen LogP contribution is -2.81. The molecule has 4 spiro atoms. The molecular formula is C40H46N4O3. The van der Waals surface area contributed by atoms with Gasteiger partial charge in [0.25, 0.3) is 0 Å². The van der Waals surface area contributed by atoms with Crippen LogP contribution in [0.15, 0.2) is 54.1 Å².